The molecule has 4 rings (SSSR count). The number of hydrogen-bond donors (Lipinski definition) is 2. The first kappa shape index (κ1) is 20.1. The molecule has 0 saturated heterocycles. The number of ketones is 1. The van der Waals surface area contributed by atoms with Crippen LogP contribution in [0.4, 0.5) is 5.69 Å². The molecule has 0 fully saturated rings. The zero-order chi connectivity index (χ0) is 21.8. The van der Waals surface area contributed by atoms with Gasteiger partial charge in [0.15, 0.2) is 5.78 Å². The predicted octanol–water partition coefficient (Wildman–Crippen LogP) is 4.88. The SMILES string of the molecule is COc1cccc(C(=O)c2ccc(C(=O)Nc3cc(-c4ncc[nH]4)ccc3C)cc2)c1. The molecule has 6 heteroatoms. The molecule has 0 saturated carbocycles. The number of carbonyl (C=O) groups is 2. The molecule has 1 aromatic heterocycles. The van der Waals surface area contributed by atoms with Crippen molar-refractivity contribution in [3.05, 3.63) is 101 Å². The van der Waals surface area contributed by atoms with Gasteiger partial charge in [-0.15, -0.1) is 0 Å². The number of anilines is 1. The van der Waals surface area contributed by atoms with E-state index in [0.717, 1.165) is 17.0 Å². The van der Waals surface area contributed by atoms with E-state index >= 15 is 0 Å². The molecule has 0 bridgehead atoms. The molecule has 31 heavy (non-hydrogen) atoms. The topological polar surface area (TPSA) is 84.1 Å². The second kappa shape index (κ2) is 8.67. The number of hydrogen-bond acceptors (Lipinski definition) is 4. The van der Waals surface area contributed by atoms with Crippen molar-refractivity contribution in [2.45, 2.75) is 6.92 Å². The lowest BCUT2D eigenvalue weighted by molar-refractivity contribution is 0.102. The fourth-order valence-electron chi connectivity index (χ4n) is 3.23. The third-order valence-corrected chi connectivity index (χ3v) is 5.00. The van der Waals surface area contributed by atoms with Crippen LogP contribution in [0.3, 0.4) is 0 Å². The fraction of sp³-hybridized carbons (Fsp3) is 0.0800. The van der Waals surface area contributed by atoms with E-state index < -0.39 is 0 Å². The van der Waals surface area contributed by atoms with Crippen molar-refractivity contribution >= 4 is 17.4 Å². The van der Waals surface area contributed by atoms with Crippen LogP contribution < -0.4 is 10.1 Å². The van der Waals surface area contributed by atoms with E-state index in [1.807, 2.05) is 25.1 Å². The van der Waals surface area contributed by atoms with Crippen LogP contribution in [-0.2, 0) is 0 Å². The number of rotatable bonds is 6. The Hall–Kier alpha value is -4.19. The van der Waals surface area contributed by atoms with Crippen molar-refractivity contribution in [3.8, 4) is 17.1 Å². The van der Waals surface area contributed by atoms with Crippen LogP contribution in [0, 0.1) is 6.92 Å². The molecule has 0 spiro atoms. The van der Waals surface area contributed by atoms with Crippen LogP contribution in [0.25, 0.3) is 11.4 Å². The third kappa shape index (κ3) is 4.38. The molecule has 0 aliphatic heterocycles. The number of imidazole rings is 1. The van der Waals surface area contributed by atoms with Gasteiger partial charge in [-0.25, -0.2) is 4.98 Å². The van der Waals surface area contributed by atoms with Gasteiger partial charge in [0.25, 0.3) is 5.91 Å². The first-order valence-electron chi connectivity index (χ1n) is 9.76. The Morgan fingerprint density at radius 1 is 0.935 bits per heavy atom. The maximum absolute atomic E-state index is 12.8. The number of benzene rings is 3. The quantitative estimate of drug-likeness (QED) is 0.443. The summed E-state index contributed by atoms with van der Waals surface area (Å²) in [6.45, 7) is 1.93. The zero-order valence-corrected chi connectivity index (χ0v) is 17.2. The maximum Gasteiger partial charge on any atom is 0.255 e. The second-order valence-corrected chi connectivity index (χ2v) is 7.06. The molecule has 0 aliphatic carbocycles. The molecule has 0 radical (unpaired) electrons. The number of aromatic nitrogens is 2. The number of aryl methyl sites for hydroxylation is 1. The summed E-state index contributed by atoms with van der Waals surface area (Å²) in [5.41, 5.74) is 4.02. The van der Waals surface area contributed by atoms with E-state index in [0.29, 0.717) is 28.1 Å². The average molecular weight is 411 g/mol. The molecule has 3 aromatic carbocycles. The molecule has 6 nitrogen and oxygen atoms in total. The van der Waals surface area contributed by atoms with Gasteiger partial charge in [0.05, 0.1) is 7.11 Å². The second-order valence-electron chi connectivity index (χ2n) is 7.06. The molecule has 1 amide bonds. The molecule has 4 aromatic rings. The van der Waals surface area contributed by atoms with Gasteiger partial charge in [-0.05, 0) is 42.8 Å². The average Bonchev–Trinajstić information content (AvgIpc) is 3.35. The minimum absolute atomic E-state index is 0.132. The van der Waals surface area contributed by atoms with Gasteiger partial charge < -0.3 is 15.0 Å². The van der Waals surface area contributed by atoms with Crippen molar-refractivity contribution in [1.29, 1.82) is 0 Å². The van der Waals surface area contributed by atoms with Crippen molar-refractivity contribution < 1.29 is 14.3 Å². The van der Waals surface area contributed by atoms with Gasteiger partial charge >= 0.3 is 0 Å². The number of nitrogens with one attached hydrogen (secondary N) is 2. The van der Waals surface area contributed by atoms with Gasteiger partial charge in [-0.2, -0.15) is 0 Å². The first-order chi connectivity index (χ1) is 15.0. The van der Waals surface area contributed by atoms with Gasteiger partial charge in [-0.3, -0.25) is 9.59 Å². The van der Waals surface area contributed by atoms with Gasteiger partial charge in [0, 0.05) is 40.3 Å². The lowest BCUT2D eigenvalue weighted by Crippen LogP contribution is -2.13. The largest absolute Gasteiger partial charge is 0.497 e. The summed E-state index contributed by atoms with van der Waals surface area (Å²) < 4.78 is 5.18. The molecule has 0 aliphatic rings. The van der Waals surface area contributed by atoms with Crippen LogP contribution in [0.15, 0.2) is 79.1 Å². The highest BCUT2D eigenvalue weighted by molar-refractivity contribution is 6.10. The van der Waals surface area contributed by atoms with Crippen molar-refractivity contribution in [2.75, 3.05) is 12.4 Å². The summed E-state index contributed by atoms with van der Waals surface area (Å²) in [7, 11) is 1.56. The molecule has 154 valence electrons. The van der Waals surface area contributed by atoms with Crippen LogP contribution in [0.1, 0.15) is 31.8 Å². The summed E-state index contributed by atoms with van der Waals surface area (Å²) in [6.07, 6.45) is 3.43. The molecule has 0 atom stereocenters. The molecule has 0 unspecified atom stereocenters. The zero-order valence-electron chi connectivity index (χ0n) is 17.2. The minimum atomic E-state index is -0.250. The van der Waals surface area contributed by atoms with Gasteiger partial charge in [0.2, 0.25) is 0 Å². The number of nitrogens with zero attached hydrogens (tertiary/aromatic N) is 1. The predicted molar refractivity (Wildman–Crippen MR) is 120 cm³/mol. The highest BCUT2D eigenvalue weighted by Crippen LogP contribution is 2.24. The summed E-state index contributed by atoms with van der Waals surface area (Å²) in [5, 5.41) is 2.94. The Labute approximate surface area is 179 Å². The summed E-state index contributed by atoms with van der Waals surface area (Å²) in [6, 6.07) is 19.4. The normalized spacial score (nSPS) is 10.5. The van der Waals surface area contributed by atoms with Crippen LogP contribution in [-0.4, -0.2) is 28.8 Å². The number of H-pyrrole nitrogens is 1. The number of amides is 1. The van der Waals surface area contributed by atoms with Crippen molar-refractivity contribution in [1.82, 2.24) is 9.97 Å². The van der Waals surface area contributed by atoms with E-state index in [2.05, 4.69) is 15.3 Å². The number of carbonyl (C=O) groups excluding carboxylic acids is 2. The molecular weight excluding hydrogens is 390 g/mol. The van der Waals surface area contributed by atoms with Crippen LogP contribution in [0.5, 0.6) is 5.75 Å². The molecule has 1 heterocycles. The third-order valence-electron chi connectivity index (χ3n) is 5.00. The van der Waals surface area contributed by atoms with Gasteiger partial charge in [-0.1, -0.05) is 36.4 Å². The number of methoxy groups -OCH3 is 1. The maximum atomic E-state index is 12.8. The van der Waals surface area contributed by atoms with E-state index in [1.54, 1.807) is 68.0 Å². The molecule has 2 N–H and O–H groups in total. The summed E-state index contributed by atoms with van der Waals surface area (Å²) in [4.78, 5) is 32.8. The van der Waals surface area contributed by atoms with Crippen LogP contribution >= 0.6 is 0 Å². The standard InChI is InChI=1S/C25H21N3O3/c1-16-6-7-20(24-26-12-13-27-24)15-22(16)28-25(30)18-10-8-17(9-11-18)23(29)19-4-3-5-21(14-19)31-2/h3-15H,1-2H3,(H,26,27)(H,28,30). The Morgan fingerprint density at radius 2 is 1.71 bits per heavy atom. The monoisotopic (exact) mass is 411 g/mol. The summed E-state index contributed by atoms with van der Waals surface area (Å²) in [5.74, 6) is 0.970. The van der Waals surface area contributed by atoms with Crippen molar-refractivity contribution in [2.24, 2.45) is 0 Å². The fourth-order valence-corrected chi connectivity index (χ4v) is 3.23. The van der Waals surface area contributed by atoms with E-state index in [9.17, 15) is 9.59 Å². The first-order valence-corrected chi connectivity index (χ1v) is 9.76. The highest BCUT2D eigenvalue weighted by Gasteiger charge is 2.13. The number of aromatic amines is 1. The van der Waals surface area contributed by atoms with Crippen molar-refractivity contribution in [3.63, 3.8) is 0 Å². The number of ether oxygens (including phenoxy) is 1. The van der Waals surface area contributed by atoms with E-state index in [-0.39, 0.29) is 11.7 Å². The molecular formula is C25H21N3O3. The Bertz CT molecular complexity index is 1230. The van der Waals surface area contributed by atoms with E-state index in [1.165, 1.54) is 0 Å². The lowest BCUT2D eigenvalue weighted by atomic mass is 10.0. The lowest BCUT2D eigenvalue weighted by Gasteiger charge is -2.10. The Morgan fingerprint density at radius 3 is 2.42 bits per heavy atom. The van der Waals surface area contributed by atoms with Gasteiger partial charge in [0.1, 0.15) is 11.6 Å². The summed E-state index contributed by atoms with van der Waals surface area (Å²) >= 11 is 0. The van der Waals surface area contributed by atoms with Crippen LogP contribution in [0.2, 0.25) is 0 Å². The minimum Gasteiger partial charge on any atom is -0.497 e. The highest BCUT2D eigenvalue weighted by atomic mass is 16.5. The Balaban J connectivity index is 1.51. The Kier molecular flexibility index (Phi) is 5.62. The van der Waals surface area contributed by atoms with E-state index in [4.69, 9.17) is 4.74 Å². The smallest absolute Gasteiger partial charge is 0.255 e.